The van der Waals surface area contributed by atoms with E-state index in [9.17, 15) is 4.79 Å². The Balaban J connectivity index is 1.83. The topological polar surface area (TPSA) is 29.1 Å². The van der Waals surface area contributed by atoms with Crippen LogP contribution < -0.4 is 5.32 Å². The second-order valence-electron chi connectivity index (χ2n) is 5.24. The molecule has 0 spiro atoms. The maximum absolute atomic E-state index is 12.4. The Kier molecular flexibility index (Phi) is 4.18. The molecule has 4 heteroatoms. The van der Waals surface area contributed by atoms with Crippen LogP contribution in [0.5, 0.6) is 0 Å². The molecule has 0 saturated heterocycles. The van der Waals surface area contributed by atoms with Crippen molar-refractivity contribution >= 4 is 34.7 Å². The molecule has 2 nitrogen and oxygen atoms in total. The average molecular weight is 320 g/mol. The van der Waals surface area contributed by atoms with Crippen LogP contribution in [0.15, 0.2) is 36.4 Å². The summed E-state index contributed by atoms with van der Waals surface area (Å²) in [4.78, 5) is 12.4. The zero-order chi connectivity index (χ0) is 14.8. The minimum atomic E-state index is 0.0625. The monoisotopic (exact) mass is 319 g/mol. The van der Waals surface area contributed by atoms with Crippen molar-refractivity contribution < 1.29 is 4.79 Å². The van der Waals surface area contributed by atoms with Gasteiger partial charge in [-0.2, -0.15) is 0 Å². The standard InChI is InChI=1S/C17H15Cl2NO/c18-14-4-5-15(19)13(9-14)10-17(21)12-3-6-16-11(8-12)2-1-7-20-16/h3-6,8-9,20H,1-2,7,10H2. The Morgan fingerprint density at radius 2 is 2.00 bits per heavy atom. The molecular weight excluding hydrogens is 305 g/mol. The number of ketones is 1. The van der Waals surface area contributed by atoms with Gasteiger partial charge in [0, 0.05) is 34.3 Å². The molecule has 2 aromatic carbocycles. The van der Waals surface area contributed by atoms with Crippen LogP contribution in [-0.2, 0) is 12.8 Å². The highest BCUT2D eigenvalue weighted by Gasteiger charge is 2.14. The normalized spacial score (nSPS) is 13.4. The first-order valence-corrected chi connectivity index (χ1v) is 7.73. The lowest BCUT2D eigenvalue weighted by molar-refractivity contribution is 0.0993. The van der Waals surface area contributed by atoms with Gasteiger partial charge in [0.05, 0.1) is 0 Å². The van der Waals surface area contributed by atoms with Crippen molar-refractivity contribution in [1.29, 1.82) is 0 Å². The molecule has 21 heavy (non-hydrogen) atoms. The fraction of sp³-hybridized carbons (Fsp3) is 0.235. The van der Waals surface area contributed by atoms with E-state index in [1.54, 1.807) is 18.2 Å². The second-order valence-corrected chi connectivity index (χ2v) is 6.08. The third-order valence-corrected chi connectivity index (χ3v) is 4.33. The van der Waals surface area contributed by atoms with Gasteiger partial charge in [-0.25, -0.2) is 0 Å². The molecule has 0 unspecified atom stereocenters. The third-order valence-electron chi connectivity index (χ3n) is 3.72. The Hall–Kier alpha value is -1.51. The number of Topliss-reactive ketones (excluding diaryl/α,β-unsaturated/α-hetero) is 1. The number of carbonyl (C=O) groups excluding carboxylic acids is 1. The number of hydrogen-bond acceptors (Lipinski definition) is 2. The Bertz CT molecular complexity index is 697. The van der Waals surface area contributed by atoms with Crippen LogP contribution in [0, 0.1) is 0 Å². The Morgan fingerprint density at radius 3 is 2.86 bits per heavy atom. The van der Waals surface area contributed by atoms with E-state index in [1.165, 1.54) is 5.56 Å². The fourth-order valence-electron chi connectivity index (χ4n) is 2.60. The number of aryl methyl sites for hydroxylation is 1. The largest absolute Gasteiger partial charge is 0.385 e. The van der Waals surface area contributed by atoms with Crippen LogP contribution in [0.2, 0.25) is 10.0 Å². The molecule has 3 rings (SSSR count). The van der Waals surface area contributed by atoms with E-state index in [0.29, 0.717) is 10.0 Å². The molecule has 0 bridgehead atoms. The molecule has 0 radical (unpaired) electrons. The maximum atomic E-state index is 12.4. The number of hydrogen-bond donors (Lipinski definition) is 1. The van der Waals surface area contributed by atoms with Crippen LogP contribution >= 0.6 is 23.2 Å². The van der Waals surface area contributed by atoms with E-state index < -0.39 is 0 Å². The third kappa shape index (κ3) is 3.22. The number of rotatable bonds is 3. The first kappa shape index (κ1) is 14.4. The first-order chi connectivity index (χ1) is 10.1. The van der Waals surface area contributed by atoms with Crippen molar-refractivity contribution in [1.82, 2.24) is 0 Å². The van der Waals surface area contributed by atoms with Crippen molar-refractivity contribution in [2.24, 2.45) is 0 Å². The van der Waals surface area contributed by atoms with E-state index >= 15 is 0 Å². The second kappa shape index (κ2) is 6.08. The van der Waals surface area contributed by atoms with Crippen molar-refractivity contribution in [3.63, 3.8) is 0 Å². The molecule has 0 saturated carbocycles. The quantitative estimate of drug-likeness (QED) is 0.825. The molecule has 1 heterocycles. The van der Waals surface area contributed by atoms with Gasteiger partial charge in [0.1, 0.15) is 0 Å². The summed E-state index contributed by atoms with van der Waals surface area (Å²) in [5.74, 6) is 0.0625. The zero-order valence-corrected chi connectivity index (χ0v) is 13.0. The highest BCUT2D eigenvalue weighted by Crippen LogP contribution is 2.25. The number of benzene rings is 2. The molecule has 1 aliphatic rings. The smallest absolute Gasteiger partial charge is 0.167 e. The molecule has 0 aromatic heterocycles. The predicted molar refractivity (Wildman–Crippen MR) is 87.7 cm³/mol. The van der Waals surface area contributed by atoms with Gasteiger partial charge in [0.15, 0.2) is 5.78 Å². The predicted octanol–water partition coefficient (Wildman–Crippen LogP) is 4.78. The van der Waals surface area contributed by atoms with Crippen LogP contribution in [0.1, 0.15) is 27.9 Å². The van der Waals surface area contributed by atoms with E-state index in [-0.39, 0.29) is 12.2 Å². The van der Waals surface area contributed by atoms with Gasteiger partial charge >= 0.3 is 0 Å². The average Bonchev–Trinajstić information content (AvgIpc) is 2.50. The summed E-state index contributed by atoms with van der Waals surface area (Å²) in [6.45, 7) is 0.998. The highest BCUT2D eigenvalue weighted by atomic mass is 35.5. The Morgan fingerprint density at radius 1 is 1.14 bits per heavy atom. The lowest BCUT2D eigenvalue weighted by Crippen LogP contribution is -2.13. The minimum absolute atomic E-state index is 0.0625. The van der Waals surface area contributed by atoms with Crippen molar-refractivity contribution in [3.05, 3.63) is 63.1 Å². The zero-order valence-electron chi connectivity index (χ0n) is 11.5. The molecule has 108 valence electrons. The molecule has 0 aliphatic carbocycles. The first-order valence-electron chi connectivity index (χ1n) is 6.97. The van der Waals surface area contributed by atoms with E-state index in [2.05, 4.69) is 5.32 Å². The summed E-state index contributed by atoms with van der Waals surface area (Å²) in [6, 6.07) is 11.1. The van der Waals surface area contributed by atoms with E-state index in [0.717, 1.165) is 36.2 Å². The number of nitrogens with one attached hydrogen (secondary N) is 1. The van der Waals surface area contributed by atoms with Crippen LogP contribution in [-0.4, -0.2) is 12.3 Å². The van der Waals surface area contributed by atoms with Gasteiger partial charge in [-0.05, 0) is 60.4 Å². The van der Waals surface area contributed by atoms with Gasteiger partial charge in [0.25, 0.3) is 0 Å². The molecule has 1 N–H and O–H groups in total. The van der Waals surface area contributed by atoms with E-state index in [1.807, 2.05) is 18.2 Å². The molecular formula is C17H15Cl2NO. The molecule has 0 fully saturated rings. The van der Waals surface area contributed by atoms with Gasteiger partial charge in [-0.1, -0.05) is 23.2 Å². The van der Waals surface area contributed by atoms with Crippen molar-refractivity contribution in [2.75, 3.05) is 11.9 Å². The number of anilines is 1. The summed E-state index contributed by atoms with van der Waals surface area (Å²) in [6.07, 6.45) is 2.39. The van der Waals surface area contributed by atoms with Crippen LogP contribution in [0.3, 0.4) is 0 Å². The van der Waals surface area contributed by atoms with Gasteiger partial charge in [-0.3, -0.25) is 4.79 Å². The van der Waals surface area contributed by atoms with E-state index in [4.69, 9.17) is 23.2 Å². The molecule has 0 amide bonds. The lowest BCUT2D eigenvalue weighted by Gasteiger charge is -2.18. The highest BCUT2D eigenvalue weighted by molar-refractivity contribution is 6.33. The number of carbonyl (C=O) groups is 1. The SMILES string of the molecule is O=C(Cc1cc(Cl)ccc1Cl)c1ccc2c(c1)CCCN2. The minimum Gasteiger partial charge on any atom is -0.385 e. The van der Waals surface area contributed by atoms with Crippen molar-refractivity contribution in [2.45, 2.75) is 19.3 Å². The summed E-state index contributed by atoms with van der Waals surface area (Å²) >= 11 is 12.1. The summed E-state index contributed by atoms with van der Waals surface area (Å²) < 4.78 is 0. The molecule has 0 atom stereocenters. The van der Waals surface area contributed by atoms with Gasteiger partial charge in [0.2, 0.25) is 0 Å². The molecule has 2 aromatic rings. The van der Waals surface area contributed by atoms with Gasteiger partial charge in [-0.15, -0.1) is 0 Å². The maximum Gasteiger partial charge on any atom is 0.167 e. The summed E-state index contributed by atoms with van der Waals surface area (Å²) in [7, 11) is 0. The summed E-state index contributed by atoms with van der Waals surface area (Å²) in [5.41, 5.74) is 3.85. The summed E-state index contributed by atoms with van der Waals surface area (Å²) in [5, 5.41) is 4.52. The van der Waals surface area contributed by atoms with Crippen molar-refractivity contribution in [3.8, 4) is 0 Å². The van der Waals surface area contributed by atoms with Crippen LogP contribution in [0.4, 0.5) is 5.69 Å². The number of halogens is 2. The van der Waals surface area contributed by atoms with Crippen LogP contribution in [0.25, 0.3) is 0 Å². The molecule has 1 aliphatic heterocycles. The lowest BCUT2D eigenvalue weighted by atomic mass is 9.97. The fourth-order valence-corrected chi connectivity index (χ4v) is 2.98. The Labute approximate surface area is 134 Å². The number of fused-ring (bicyclic) bond motifs is 1. The van der Waals surface area contributed by atoms with Gasteiger partial charge < -0.3 is 5.32 Å².